The molecule has 3 nitrogen and oxygen atoms in total. The topological polar surface area (TPSA) is 33.6 Å². The van der Waals surface area contributed by atoms with Gasteiger partial charge in [0.25, 0.3) is 0 Å². The number of nitrogens with one attached hydrogen (secondary N) is 1. The predicted octanol–water partition coefficient (Wildman–Crippen LogP) is 2.56. The summed E-state index contributed by atoms with van der Waals surface area (Å²) in [6.45, 7) is 1.77. The molecule has 0 amide bonds. The van der Waals surface area contributed by atoms with Gasteiger partial charge in [0.05, 0.1) is 6.04 Å². The molecule has 1 aliphatic carbocycles. The van der Waals surface area contributed by atoms with Crippen molar-refractivity contribution in [2.75, 3.05) is 19.0 Å². The highest BCUT2D eigenvalue weighted by atomic mass is 32.2. The number of amidine groups is 1. The van der Waals surface area contributed by atoms with E-state index in [1.54, 1.807) is 0 Å². The summed E-state index contributed by atoms with van der Waals surface area (Å²) >= 11 is 1.94. The molecule has 0 unspecified atom stereocenters. The summed E-state index contributed by atoms with van der Waals surface area (Å²) in [5.41, 5.74) is 0.396. The van der Waals surface area contributed by atoms with E-state index in [1.165, 1.54) is 43.0 Å². The van der Waals surface area contributed by atoms with Gasteiger partial charge in [-0.3, -0.25) is 4.99 Å². The van der Waals surface area contributed by atoms with Gasteiger partial charge in [-0.2, -0.15) is 0 Å². The van der Waals surface area contributed by atoms with Crippen molar-refractivity contribution < 1.29 is 4.74 Å². The van der Waals surface area contributed by atoms with Crippen molar-refractivity contribution in [1.29, 1.82) is 0 Å². The number of nitrogens with zero attached hydrogens (tertiary/aromatic N) is 1. The smallest absolute Gasteiger partial charge is 0.157 e. The monoisotopic (exact) mass is 254 g/mol. The predicted molar refractivity (Wildman–Crippen MR) is 72.7 cm³/mol. The standard InChI is InChI=1S/C13H22N2OS/c1-2-6-13(7-3-1)10-17-12(15-13)14-11-4-8-16-9-5-11/h11H,1-10H2,(H,14,15). The second-order valence-corrected chi connectivity index (χ2v) is 6.50. The summed E-state index contributed by atoms with van der Waals surface area (Å²) in [5, 5.41) is 4.93. The van der Waals surface area contributed by atoms with Crippen LogP contribution < -0.4 is 5.32 Å². The molecule has 3 fully saturated rings. The third kappa shape index (κ3) is 2.79. The SMILES string of the molecule is C1CCC2(CC1)CSC(=NC1CCOCC1)N2. The lowest BCUT2D eigenvalue weighted by molar-refractivity contribution is 0.0871. The van der Waals surface area contributed by atoms with Crippen molar-refractivity contribution in [3.8, 4) is 0 Å². The Hall–Kier alpha value is -0.220. The quantitative estimate of drug-likeness (QED) is 0.781. The second kappa shape index (κ2) is 5.19. The number of hydrogen-bond donors (Lipinski definition) is 1. The summed E-state index contributed by atoms with van der Waals surface area (Å²) in [5.74, 6) is 1.23. The molecule has 96 valence electrons. The zero-order chi connectivity index (χ0) is 11.6. The van der Waals surface area contributed by atoms with Crippen LogP contribution in [0.15, 0.2) is 4.99 Å². The summed E-state index contributed by atoms with van der Waals surface area (Å²) < 4.78 is 5.38. The Labute approximate surface area is 108 Å². The molecule has 17 heavy (non-hydrogen) atoms. The van der Waals surface area contributed by atoms with Gasteiger partial charge in [-0.15, -0.1) is 0 Å². The first kappa shape index (κ1) is 11.8. The van der Waals surface area contributed by atoms with Gasteiger partial charge in [0.15, 0.2) is 5.17 Å². The molecule has 0 atom stereocenters. The Morgan fingerprint density at radius 1 is 1.18 bits per heavy atom. The third-order valence-corrected chi connectivity index (χ3v) is 5.34. The summed E-state index contributed by atoms with van der Waals surface area (Å²) in [7, 11) is 0. The van der Waals surface area contributed by atoms with Gasteiger partial charge in [-0.05, 0) is 25.7 Å². The van der Waals surface area contributed by atoms with Crippen LogP contribution in [0.3, 0.4) is 0 Å². The van der Waals surface area contributed by atoms with Crippen LogP contribution in [0.25, 0.3) is 0 Å². The Morgan fingerprint density at radius 3 is 2.71 bits per heavy atom. The molecule has 1 spiro atoms. The minimum Gasteiger partial charge on any atom is -0.381 e. The summed E-state index contributed by atoms with van der Waals surface area (Å²) in [4.78, 5) is 4.87. The summed E-state index contributed by atoms with van der Waals surface area (Å²) in [6.07, 6.45) is 9.06. The Balaban J connectivity index is 1.60. The maximum atomic E-state index is 5.38. The molecule has 2 saturated heterocycles. The first-order valence-corrected chi connectivity index (χ1v) is 7.91. The number of thioether (sulfide) groups is 1. The molecule has 0 bridgehead atoms. The molecule has 0 aromatic carbocycles. The van der Waals surface area contributed by atoms with E-state index in [4.69, 9.17) is 9.73 Å². The fourth-order valence-corrected chi connectivity index (χ4v) is 4.34. The fourth-order valence-electron chi connectivity index (χ4n) is 3.05. The van der Waals surface area contributed by atoms with E-state index in [2.05, 4.69) is 5.32 Å². The van der Waals surface area contributed by atoms with E-state index in [-0.39, 0.29) is 0 Å². The van der Waals surface area contributed by atoms with Crippen LogP contribution in [-0.2, 0) is 4.74 Å². The molecule has 4 heteroatoms. The average Bonchev–Trinajstić information content (AvgIpc) is 2.74. The van der Waals surface area contributed by atoms with Gasteiger partial charge >= 0.3 is 0 Å². The summed E-state index contributed by atoms with van der Waals surface area (Å²) in [6, 6.07) is 0.498. The largest absolute Gasteiger partial charge is 0.381 e. The highest BCUT2D eigenvalue weighted by Gasteiger charge is 2.38. The number of hydrogen-bond acceptors (Lipinski definition) is 3. The minimum absolute atomic E-state index is 0.396. The lowest BCUT2D eigenvalue weighted by Gasteiger charge is -2.32. The Kier molecular flexibility index (Phi) is 3.61. The molecule has 1 saturated carbocycles. The van der Waals surface area contributed by atoms with Crippen LogP contribution in [0.5, 0.6) is 0 Å². The fraction of sp³-hybridized carbons (Fsp3) is 0.923. The van der Waals surface area contributed by atoms with Crippen LogP contribution >= 0.6 is 11.8 Å². The normalized spacial score (nSPS) is 31.9. The molecule has 2 heterocycles. The zero-order valence-corrected chi connectivity index (χ0v) is 11.2. The van der Waals surface area contributed by atoms with Gasteiger partial charge in [0.1, 0.15) is 0 Å². The van der Waals surface area contributed by atoms with Crippen molar-refractivity contribution in [2.45, 2.75) is 56.5 Å². The highest BCUT2D eigenvalue weighted by molar-refractivity contribution is 8.14. The molecule has 3 rings (SSSR count). The number of aliphatic imine (C=N–C) groups is 1. The molecule has 2 aliphatic heterocycles. The van der Waals surface area contributed by atoms with Crippen molar-refractivity contribution in [3.05, 3.63) is 0 Å². The van der Waals surface area contributed by atoms with Crippen LogP contribution in [0.4, 0.5) is 0 Å². The van der Waals surface area contributed by atoms with E-state index < -0.39 is 0 Å². The van der Waals surface area contributed by atoms with Gasteiger partial charge in [-0.1, -0.05) is 31.0 Å². The van der Waals surface area contributed by atoms with Crippen LogP contribution in [0.2, 0.25) is 0 Å². The molecular formula is C13H22N2OS. The van der Waals surface area contributed by atoms with Gasteiger partial charge < -0.3 is 10.1 Å². The van der Waals surface area contributed by atoms with Crippen molar-refractivity contribution in [3.63, 3.8) is 0 Å². The first-order chi connectivity index (χ1) is 8.36. The Bertz CT molecular complexity index is 294. The number of rotatable bonds is 1. The third-order valence-electron chi connectivity index (χ3n) is 4.16. The molecule has 0 aromatic rings. The van der Waals surface area contributed by atoms with Crippen LogP contribution in [0, 0.1) is 0 Å². The van der Waals surface area contributed by atoms with Crippen molar-refractivity contribution >= 4 is 16.9 Å². The molecule has 3 aliphatic rings. The van der Waals surface area contributed by atoms with Crippen LogP contribution in [-0.4, -0.2) is 35.7 Å². The Morgan fingerprint density at radius 2 is 1.94 bits per heavy atom. The van der Waals surface area contributed by atoms with Gasteiger partial charge in [-0.25, -0.2) is 0 Å². The van der Waals surface area contributed by atoms with Crippen LogP contribution in [0.1, 0.15) is 44.9 Å². The molecule has 1 N–H and O–H groups in total. The molecule has 0 radical (unpaired) electrons. The van der Waals surface area contributed by atoms with E-state index in [0.29, 0.717) is 11.6 Å². The van der Waals surface area contributed by atoms with E-state index in [9.17, 15) is 0 Å². The number of ether oxygens (including phenoxy) is 1. The molecular weight excluding hydrogens is 232 g/mol. The molecule has 0 aromatic heterocycles. The van der Waals surface area contributed by atoms with Gasteiger partial charge in [0.2, 0.25) is 0 Å². The lowest BCUT2D eigenvalue weighted by Crippen LogP contribution is -2.45. The van der Waals surface area contributed by atoms with Gasteiger partial charge in [0, 0.05) is 24.5 Å². The van der Waals surface area contributed by atoms with E-state index in [1.807, 2.05) is 11.8 Å². The van der Waals surface area contributed by atoms with E-state index in [0.717, 1.165) is 26.1 Å². The highest BCUT2D eigenvalue weighted by Crippen LogP contribution is 2.36. The van der Waals surface area contributed by atoms with Crippen molar-refractivity contribution in [1.82, 2.24) is 5.32 Å². The first-order valence-electron chi connectivity index (χ1n) is 6.93. The lowest BCUT2D eigenvalue weighted by atomic mass is 9.83. The van der Waals surface area contributed by atoms with Crippen molar-refractivity contribution in [2.24, 2.45) is 4.99 Å². The minimum atomic E-state index is 0.396. The average molecular weight is 254 g/mol. The maximum Gasteiger partial charge on any atom is 0.157 e. The zero-order valence-electron chi connectivity index (χ0n) is 10.4. The van der Waals surface area contributed by atoms with E-state index >= 15 is 0 Å². The maximum absolute atomic E-state index is 5.38. The second-order valence-electron chi connectivity index (χ2n) is 5.53.